The third-order valence-electron chi connectivity index (χ3n) is 14.5. The summed E-state index contributed by atoms with van der Waals surface area (Å²) in [6.07, 6.45) is 14.5. The number of nitro groups is 1. The first-order chi connectivity index (χ1) is 41.7. The maximum Gasteiger partial charge on any atom is 0.273 e. The summed E-state index contributed by atoms with van der Waals surface area (Å²) < 4.78 is 81.0. The quantitative estimate of drug-likeness (QED) is 0.0100. The summed E-state index contributed by atoms with van der Waals surface area (Å²) >= 11 is 0. The van der Waals surface area contributed by atoms with Crippen molar-refractivity contribution in [3.05, 3.63) is 174 Å². The Balaban J connectivity index is 0.000000241. The minimum absolute atomic E-state index is 0. The molecule has 28 heteroatoms. The molecule has 6 heterocycles. The number of sulfonamides is 3. The number of carbonyl (C=O) groups is 1. The van der Waals surface area contributed by atoms with Gasteiger partial charge in [0.2, 0.25) is 36.0 Å². The summed E-state index contributed by atoms with van der Waals surface area (Å²) in [6, 6.07) is 26.9. The van der Waals surface area contributed by atoms with Crippen LogP contribution in [0, 0.1) is 17.5 Å². The molecular formula is C61H84N15O9PdS3-. The molecule has 1 amide bonds. The average Bonchev–Trinajstić information content (AvgIpc) is 3.70. The van der Waals surface area contributed by atoms with Crippen molar-refractivity contribution in [2.75, 3.05) is 82.3 Å². The molecule has 89 heavy (non-hydrogen) atoms. The maximum absolute atomic E-state index is 12.1. The molecular weight excluding hydrogens is 1290 g/mol. The molecule has 6 N–H and O–H groups in total. The van der Waals surface area contributed by atoms with E-state index in [1.165, 1.54) is 12.1 Å². The van der Waals surface area contributed by atoms with Crippen molar-refractivity contribution in [1.82, 2.24) is 44.1 Å². The smallest absolute Gasteiger partial charge is 0.273 e. The van der Waals surface area contributed by atoms with Crippen LogP contribution in [0.2, 0.25) is 0 Å². The Morgan fingerprint density at radius 2 is 0.944 bits per heavy atom. The summed E-state index contributed by atoms with van der Waals surface area (Å²) in [7, 11) is -9.74. The largest absolute Gasteiger partial charge is 0.398 e. The van der Waals surface area contributed by atoms with Gasteiger partial charge in [-0.15, -0.1) is 0 Å². The molecule has 3 unspecified atom stereocenters. The van der Waals surface area contributed by atoms with Gasteiger partial charge in [-0.25, -0.2) is 69.3 Å². The zero-order valence-electron chi connectivity index (χ0n) is 51.0. The second-order valence-electron chi connectivity index (χ2n) is 21.6. The standard InChI is InChI=1S/C22H29N5O3S.C19H25N5O4S.C19H27N5O2S.CH3.Pd/c1-3-14-31(29,30)26-18-9-7-13-27(16-18)21-11-12-23-20(25-21)15-17-8-5-6-10-19(17)24-22(28)4-2;1-2-12-29(27,28)22-16-7-5-11-23(14-16)19-9-10-20-18(21-19)13-15-6-3-4-8-17(15)24(25)26;1-2-12-27(25,26)23-16-7-5-11-24(14-16)19-9-10-21-18(22-19)13-15-6-3-4-8-17(15)20;;/h4-6,8,10-12,18,26H,2-3,7,9,13-16H2,1H3,(H,24,28);3-4,6,8-10,16,22H,2,5,7,11-14H2,1H3;3-4,6,8-10,16,23H,2,5,7,11-14,20H2,1H3;1H3;/q;;;-1;. The number of carbonyl (C=O) groups excluding carboxylic acids is 1. The number of amides is 1. The molecule has 0 spiro atoms. The molecule has 0 aliphatic carbocycles. The number of anilines is 5. The minimum atomic E-state index is -3.27. The van der Waals surface area contributed by atoms with E-state index in [0.29, 0.717) is 86.3 Å². The van der Waals surface area contributed by atoms with E-state index in [1.807, 2.05) is 86.3 Å². The Labute approximate surface area is 538 Å². The van der Waals surface area contributed by atoms with E-state index in [-0.39, 0.29) is 81.2 Å². The van der Waals surface area contributed by atoms with Crippen molar-refractivity contribution in [1.29, 1.82) is 0 Å². The first-order valence-electron chi connectivity index (χ1n) is 29.5. The Bertz CT molecular complexity index is 3610. The molecule has 3 aromatic carbocycles. The summed E-state index contributed by atoms with van der Waals surface area (Å²) in [5, 5.41) is 14.0. The molecule has 3 fully saturated rings. The number of hydrogen-bond donors (Lipinski definition) is 5. The number of nitro benzene ring substituents is 1. The monoisotopic (exact) mass is 1370 g/mol. The van der Waals surface area contributed by atoms with Crippen molar-refractivity contribution in [3.8, 4) is 0 Å². The second kappa shape index (κ2) is 35.5. The fourth-order valence-corrected chi connectivity index (χ4v) is 14.6. The minimum Gasteiger partial charge on any atom is -0.398 e. The van der Waals surface area contributed by atoms with E-state index in [2.05, 4.69) is 60.8 Å². The number of rotatable bonds is 24. The maximum atomic E-state index is 12.1. The number of nitrogen functional groups attached to an aromatic ring is 1. The molecule has 0 radical (unpaired) electrons. The molecule has 486 valence electrons. The molecule has 3 saturated heterocycles. The molecule has 3 atom stereocenters. The van der Waals surface area contributed by atoms with Crippen LogP contribution in [0.25, 0.3) is 0 Å². The van der Waals surface area contributed by atoms with Crippen molar-refractivity contribution in [2.45, 2.75) is 116 Å². The molecule has 0 saturated carbocycles. The fourth-order valence-electron chi connectivity index (χ4n) is 10.6. The van der Waals surface area contributed by atoms with Gasteiger partial charge in [0.05, 0.1) is 22.2 Å². The van der Waals surface area contributed by atoms with Crippen LogP contribution in [-0.4, -0.2) is 141 Å². The van der Waals surface area contributed by atoms with Gasteiger partial charge in [0.25, 0.3) is 5.69 Å². The zero-order valence-corrected chi connectivity index (χ0v) is 55.0. The van der Waals surface area contributed by atoms with Crippen LogP contribution in [0.15, 0.2) is 122 Å². The molecule has 3 aliphatic heterocycles. The zero-order chi connectivity index (χ0) is 62.4. The number of nitrogens with zero attached hydrogens (tertiary/aromatic N) is 10. The van der Waals surface area contributed by atoms with E-state index >= 15 is 0 Å². The van der Waals surface area contributed by atoms with Gasteiger partial charge in [-0.1, -0.05) is 81.9 Å². The number of benzene rings is 3. The van der Waals surface area contributed by atoms with Crippen molar-refractivity contribution >= 4 is 70.5 Å². The predicted molar refractivity (Wildman–Crippen MR) is 347 cm³/mol. The summed E-state index contributed by atoms with van der Waals surface area (Å²) in [5.41, 5.74) is 9.95. The number of nitrogens with two attached hydrogens (primary N) is 1. The molecule has 0 bridgehead atoms. The molecule has 3 aromatic heterocycles. The van der Waals surface area contributed by atoms with Crippen LogP contribution in [0.1, 0.15) is 113 Å². The van der Waals surface area contributed by atoms with E-state index in [0.717, 1.165) is 86.6 Å². The van der Waals surface area contributed by atoms with Crippen LogP contribution in [0.5, 0.6) is 0 Å². The van der Waals surface area contributed by atoms with E-state index in [1.54, 1.807) is 42.9 Å². The van der Waals surface area contributed by atoms with E-state index < -0.39 is 35.0 Å². The molecule has 6 aromatic rings. The van der Waals surface area contributed by atoms with Gasteiger partial charge in [0.1, 0.15) is 34.9 Å². The number of hydrogen-bond acceptors (Lipinski definition) is 19. The molecule has 9 rings (SSSR count). The van der Waals surface area contributed by atoms with Gasteiger partial charge in [-0.2, -0.15) is 0 Å². The van der Waals surface area contributed by atoms with Gasteiger partial charge in [-0.3, -0.25) is 14.9 Å². The third kappa shape index (κ3) is 23.5. The van der Waals surface area contributed by atoms with E-state index in [9.17, 15) is 40.2 Å². The topological polar surface area (TPSA) is 324 Å². The van der Waals surface area contributed by atoms with Crippen LogP contribution < -0.4 is 39.9 Å². The SMILES string of the molecule is C=CC(=O)Nc1ccccc1Cc1nccc(N2CCCC(NS(=O)(=O)CCC)C2)n1.CCCS(=O)(=O)NC1CCCN(c2ccnc(Cc3ccccc3N)n2)C1.CCCS(=O)(=O)NC1CCCN(c2ccnc(Cc3ccccc3[N+](=O)[O-])n2)C1.[CH3-].[Pd]. The molecule has 3 aliphatic rings. The van der Waals surface area contributed by atoms with E-state index in [4.69, 9.17) is 10.7 Å². The first kappa shape index (κ1) is 72.8. The Morgan fingerprint density at radius 1 is 0.584 bits per heavy atom. The second-order valence-corrected chi connectivity index (χ2v) is 27.2. The van der Waals surface area contributed by atoms with Gasteiger partial charge < -0.3 is 33.2 Å². The number of nitrogens with one attached hydrogen (secondary N) is 4. The average molecular weight is 1370 g/mol. The van der Waals surface area contributed by atoms with Gasteiger partial charge in [0.15, 0.2) is 0 Å². The predicted octanol–water partition coefficient (Wildman–Crippen LogP) is 7.16. The number of aromatic nitrogens is 6. The van der Waals surface area contributed by atoms with Crippen LogP contribution in [0.4, 0.5) is 34.5 Å². The van der Waals surface area contributed by atoms with Crippen molar-refractivity contribution < 1.29 is 55.4 Å². The third-order valence-corrected chi connectivity index (χ3v) is 19.4. The van der Waals surface area contributed by atoms with Gasteiger partial charge in [0, 0.05) is 139 Å². The van der Waals surface area contributed by atoms with Crippen molar-refractivity contribution in [3.63, 3.8) is 0 Å². The Kier molecular flexibility index (Phi) is 29.0. The summed E-state index contributed by atoms with van der Waals surface area (Å²) in [6.45, 7) is 13.2. The summed E-state index contributed by atoms with van der Waals surface area (Å²) in [5.74, 6) is 4.29. The van der Waals surface area contributed by atoms with Crippen LogP contribution >= 0.6 is 0 Å². The Hall–Kier alpha value is -6.90. The normalized spacial score (nSPS) is 16.8. The van der Waals surface area contributed by atoms with Crippen LogP contribution in [-0.2, 0) is 74.5 Å². The Morgan fingerprint density at radius 3 is 1.34 bits per heavy atom. The fraction of sp³-hybridized carbons (Fsp3) is 0.443. The molecule has 24 nitrogen and oxygen atoms in total. The summed E-state index contributed by atoms with van der Waals surface area (Å²) in [4.78, 5) is 55.8. The first-order valence-corrected chi connectivity index (χ1v) is 34.5. The van der Waals surface area contributed by atoms with Crippen molar-refractivity contribution in [2.24, 2.45) is 0 Å². The number of piperidine rings is 3. The van der Waals surface area contributed by atoms with Gasteiger partial charge in [-0.05, 0) is 105 Å². The van der Waals surface area contributed by atoms with Crippen LogP contribution in [0.3, 0.4) is 0 Å². The van der Waals surface area contributed by atoms with Gasteiger partial charge >= 0.3 is 0 Å². The number of para-hydroxylation sites is 3.